The van der Waals surface area contributed by atoms with Crippen LogP contribution in [0.3, 0.4) is 0 Å². The largest absolute Gasteiger partial charge is 0.381 e. The monoisotopic (exact) mass is 347 g/mol. The highest BCUT2D eigenvalue weighted by atomic mass is 79.9. The van der Waals surface area contributed by atoms with E-state index in [1.807, 2.05) is 7.05 Å². The molecule has 2 heterocycles. The molecule has 0 bridgehead atoms. The molecule has 1 saturated heterocycles. The molecule has 0 aliphatic carbocycles. The lowest BCUT2D eigenvalue weighted by molar-refractivity contribution is -0.125. The van der Waals surface area contributed by atoms with Crippen molar-refractivity contribution in [1.29, 1.82) is 0 Å². The molecule has 1 atom stereocenters. The SMILES string of the molecule is CCOC1(C(Cc2sccc2Br)NC)CCOCC1. The average Bonchev–Trinajstić information content (AvgIpc) is 2.82. The molecule has 1 aliphatic heterocycles. The first kappa shape index (κ1) is 15.4. The van der Waals surface area contributed by atoms with Gasteiger partial charge in [0.05, 0.1) is 5.60 Å². The van der Waals surface area contributed by atoms with Crippen molar-refractivity contribution in [1.82, 2.24) is 5.32 Å². The van der Waals surface area contributed by atoms with Crippen LogP contribution in [0.5, 0.6) is 0 Å². The minimum Gasteiger partial charge on any atom is -0.381 e. The third-order valence-corrected chi connectivity index (χ3v) is 5.78. The summed E-state index contributed by atoms with van der Waals surface area (Å²) in [4.78, 5) is 1.38. The number of rotatable bonds is 6. The molecule has 1 aromatic rings. The van der Waals surface area contributed by atoms with E-state index in [-0.39, 0.29) is 5.60 Å². The Morgan fingerprint density at radius 3 is 2.79 bits per heavy atom. The Bertz CT molecular complexity index is 385. The van der Waals surface area contributed by atoms with Gasteiger partial charge in [0.15, 0.2) is 0 Å². The molecule has 1 N–H and O–H groups in total. The van der Waals surface area contributed by atoms with E-state index >= 15 is 0 Å². The highest BCUT2D eigenvalue weighted by Gasteiger charge is 2.40. The zero-order chi connectivity index (χ0) is 13.7. The maximum atomic E-state index is 6.16. The molecule has 0 amide bonds. The smallest absolute Gasteiger partial charge is 0.0881 e. The van der Waals surface area contributed by atoms with Gasteiger partial charge in [-0.2, -0.15) is 0 Å². The molecule has 3 nitrogen and oxygen atoms in total. The van der Waals surface area contributed by atoms with E-state index in [9.17, 15) is 0 Å². The van der Waals surface area contributed by atoms with Crippen LogP contribution in [0.4, 0.5) is 0 Å². The third kappa shape index (κ3) is 3.58. The molecule has 2 rings (SSSR count). The topological polar surface area (TPSA) is 30.5 Å². The van der Waals surface area contributed by atoms with Crippen molar-refractivity contribution >= 4 is 27.3 Å². The van der Waals surface area contributed by atoms with Crippen LogP contribution in [-0.2, 0) is 15.9 Å². The van der Waals surface area contributed by atoms with Crippen molar-refractivity contribution < 1.29 is 9.47 Å². The summed E-state index contributed by atoms with van der Waals surface area (Å²) in [5.74, 6) is 0. The second-order valence-electron chi connectivity index (χ2n) is 4.85. The predicted octanol–water partition coefficient (Wildman–Crippen LogP) is 3.23. The van der Waals surface area contributed by atoms with Gasteiger partial charge < -0.3 is 14.8 Å². The van der Waals surface area contributed by atoms with Crippen LogP contribution in [0.2, 0.25) is 0 Å². The zero-order valence-corrected chi connectivity index (χ0v) is 14.0. The standard InChI is InChI=1S/C14H22BrNO2S/c1-3-18-14(5-7-17-8-6-14)13(16-2)10-12-11(15)4-9-19-12/h4,9,13,16H,3,5-8,10H2,1-2H3. The van der Waals surface area contributed by atoms with Crippen LogP contribution in [0.25, 0.3) is 0 Å². The van der Waals surface area contributed by atoms with Crippen molar-refractivity contribution in [2.45, 2.75) is 37.8 Å². The second-order valence-corrected chi connectivity index (χ2v) is 6.70. The van der Waals surface area contributed by atoms with Gasteiger partial charge >= 0.3 is 0 Å². The van der Waals surface area contributed by atoms with Crippen LogP contribution in [0, 0.1) is 0 Å². The highest BCUT2D eigenvalue weighted by molar-refractivity contribution is 9.10. The van der Waals surface area contributed by atoms with Crippen molar-refractivity contribution in [3.63, 3.8) is 0 Å². The van der Waals surface area contributed by atoms with E-state index in [2.05, 4.69) is 39.6 Å². The summed E-state index contributed by atoms with van der Waals surface area (Å²) in [5.41, 5.74) is -0.0921. The summed E-state index contributed by atoms with van der Waals surface area (Å²) in [5, 5.41) is 5.60. The van der Waals surface area contributed by atoms with Crippen molar-refractivity contribution in [3.8, 4) is 0 Å². The van der Waals surface area contributed by atoms with Crippen LogP contribution in [0.1, 0.15) is 24.6 Å². The third-order valence-electron chi connectivity index (χ3n) is 3.84. The summed E-state index contributed by atoms with van der Waals surface area (Å²) >= 11 is 5.42. The lowest BCUT2D eigenvalue weighted by Crippen LogP contribution is -2.55. The summed E-state index contributed by atoms with van der Waals surface area (Å²) in [6, 6.07) is 2.44. The fraction of sp³-hybridized carbons (Fsp3) is 0.714. The predicted molar refractivity (Wildman–Crippen MR) is 83.0 cm³/mol. The summed E-state index contributed by atoms with van der Waals surface area (Å²) in [6.07, 6.45) is 2.93. The first-order chi connectivity index (χ1) is 9.22. The van der Waals surface area contributed by atoms with E-state index < -0.39 is 0 Å². The molecule has 1 fully saturated rings. The molecule has 0 radical (unpaired) electrons. The fourth-order valence-electron chi connectivity index (χ4n) is 2.81. The molecule has 1 unspecified atom stereocenters. The Kier molecular flexibility index (Phi) is 5.84. The normalized spacial score (nSPS) is 20.4. The lowest BCUT2D eigenvalue weighted by Gasteiger charge is -2.43. The lowest BCUT2D eigenvalue weighted by atomic mass is 9.84. The first-order valence-electron chi connectivity index (χ1n) is 6.82. The fourth-order valence-corrected chi connectivity index (χ4v) is 4.37. The van der Waals surface area contributed by atoms with Crippen molar-refractivity contribution in [2.75, 3.05) is 26.9 Å². The number of thiophene rings is 1. The van der Waals surface area contributed by atoms with Gasteiger partial charge in [0.2, 0.25) is 0 Å². The van der Waals surface area contributed by atoms with Crippen LogP contribution < -0.4 is 5.32 Å². The van der Waals surface area contributed by atoms with Gasteiger partial charge in [-0.15, -0.1) is 11.3 Å². The van der Waals surface area contributed by atoms with Crippen molar-refractivity contribution in [2.24, 2.45) is 0 Å². The summed E-state index contributed by atoms with van der Waals surface area (Å²) in [6.45, 7) is 4.42. The quantitative estimate of drug-likeness (QED) is 0.856. The molecular formula is C14H22BrNO2S. The Hall–Kier alpha value is 0.0600. The second kappa shape index (κ2) is 7.18. The maximum absolute atomic E-state index is 6.16. The first-order valence-corrected chi connectivity index (χ1v) is 8.50. The van der Waals surface area contributed by atoms with E-state index in [0.29, 0.717) is 6.04 Å². The van der Waals surface area contributed by atoms with Gasteiger partial charge in [-0.3, -0.25) is 0 Å². The molecule has 0 aromatic carbocycles. The summed E-state index contributed by atoms with van der Waals surface area (Å²) < 4.78 is 12.9. The molecule has 1 aromatic heterocycles. The Labute approximate surface area is 127 Å². The number of ether oxygens (including phenoxy) is 2. The molecular weight excluding hydrogens is 326 g/mol. The highest BCUT2D eigenvalue weighted by Crippen LogP contribution is 2.33. The average molecular weight is 348 g/mol. The van der Waals surface area contributed by atoms with Crippen LogP contribution in [-0.4, -0.2) is 38.5 Å². The minimum atomic E-state index is -0.0921. The molecule has 0 saturated carbocycles. The van der Waals surface area contributed by atoms with Gasteiger partial charge in [0.25, 0.3) is 0 Å². The Morgan fingerprint density at radius 1 is 1.53 bits per heavy atom. The zero-order valence-electron chi connectivity index (χ0n) is 11.6. The Balaban J connectivity index is 2.14. The molecule has 19 heavy (non-hydrogen) atoms. The number of hydrogen-bond acceptors (Lipinski definition) is 4. The van der Waals surface area contributed by atoms with Crippen LogP contribution >= 0.6 is 27.3 Å². The van der Waals surface area contributed by atoms with E-state index in [0.717, 1.165) is 39.1 Å². The van der Waals surface area contributed by atoms with Gasteiger partial charge in [0, 0.05) is 54.5 Å². The number of likely N-dealkylation sites (N-methyl/N-ethyl adjacent to an activating group) is 1. The summed E-state index contributed by atoms with van der Waals surface area (Å²) in [7, 11) is 2.03. The van der Waals surface area contributed by atoms with E-state index in [1.165, 1.54) is 9.35 Å². The minimum absolute atomic E-state index is 0.0921. The maximum Gasteiger partial charge on any atom is 0.0881 e. The van der Waals surface area contributed by atoms with Gasteiger partial charge in [0.1, 0.15) is 0 Å². The molecule has 108 valence electrons. The molecule has 0 spiro atoms. The molecule has 1 aliphatic rings. The van der Waals surface area contributed by atoms with E-state index in [4.69, 9.17) is 9.47 Å². The van der Waals surface area contributed by atoms with Crippen molar-refractivity contribution in [3.05, 3.63) is 20.8 Å². The van der Waals surface area contributed by atoms with Gasteiger partial charge in [-0.25, -0.2) is 0 Å². The van der Waals surface area contributed by atoms with Gasteiger partial charge in [-0.1, -0.05) is 0 Å². The Morgan fingerprint density at radius 2 is 2.26 bits per heavy atom. The number of halogens is 1. The number of hydrogen-bond donors (Lipinski definition) is 1. The van der Waals surface area contributed by atoms with Crippen LogP contribution in [0.15, 0.2) is 15.9 Å². The van der Waals surface area contributed by atoms with Gasteiger partial charge in [-0.05, 0) is 41.3 Å². The van der Waals surface area contributed by atoms with E-state index in [1.54, 1.807) is 11.3 Å². The number of nitrogens with one attached hydrogen (secondary N) is 1. The molecule has 5 heteroatoms.